The first-order valence-corrected chi connectivity index (χ1v) is 6.51. The van der Waals surface area contributed by atoms with E-state index in [0.29, 0.717) is 28.7 Å². The van der Waals surface area contributed by atoms with Gasteiger partial charge in [-0.25, -0.2) is 0 Å². The van der Waals surface area contributed by atoms with Crippen molar-refractivity contribution in [3.05, 3.63) is 22.7 Å². The number of aliphatic hydroxyl groups is 1. The minimum absolute atomic E-state index is 0.0640. The fourth-order valence-electron chi connectivity index (χ4n) is 1.90. The lowest BCUT2D eigenvalue weighted by Crippen LogP contribution is -2.12. The van der Waals surface area contributed by atoms with E-state index < -0.39 is 6.10 Å². The predicted molar refractivity (Wildman–Crippen MR) is 75.2 cm³/mol. The van der Waals surface area contributed by atoms with Crippen LogP contribution in [0.15, 0.2) is 12.1 Å². The van der Waals surface area contributed by atoms with Gasteiger partial charge >= 0.3 is 0 Å². The van der Waals surface area contributed by atoms with Crippen molar-refractivity contribution >= 4 is 11.6 Å². The minimum atomic E-state index is -0.618. The van der Waals surface area contributed by atoms with Crippen LogP contribution >= 0.6 is 11.6 Å². The van der Waals surface area contributed by atoms with Crippen molar-refractivity contribution in [1.82, 2.24) is 0 Å². The van der Waals surface area contributed by atoms with Gasteiger partial charge in [0, 0.05) is 13.7 Å². The van der Waals surface area contributed by atoms with Gasteiger partial charge in [-0.2, -0.15) is 0 Å². The molecule has 0 fully saturated rings. The van der Waals surface area contributed by atoms with E-state index in [4.69, 9.17) is 25.8 Å². The SMILES string of the molecule is COCCC(C)C(O)c1cc(Cl)c(OC)c(OC)c1. The van der Waals surface area contributed by atoms with Crippen molar-refractivity contribution in [2.75, 3.05) is 27.9 Å². The van der Waals surface area contributed by atoms with Crippen molar-refractivity contribution < 1.29 is 19.3 Å². The average Bonchev–Trinajstić information content (AvgIpc) is 2.42. The Balaban J connectivity index is 2.97. The van der Waals surface area contributed by atoms with E-state index in [9.17, 15) is 5.11 Å². The largest absolute Gasteiger partial charge is 0.493 e. The third-order valence-electron chi connectivity index (χ3n) is 3.11. The molecule has 0 radical (unpaired) electrons. The summed E-state index contributed by atoms with van der Waals surface area (Å²) in [7, 11) is 4.71. The summed E-state index contributed by atoms with van der Waals surface area (Å²) in [4.78, 5) is 0. The Morgan fingerprint density at radius 3 is 2.42 bits per heavy atom. The number of methoxy groups -OCH3 is 3. The van der Waals surface area contributed by atoms with Crippen LogP contribution in [0.4, 0.5) is 0 Å². The zero-order valence-electron chi connectivity index (χ0n) is 11.8. The van der Waals surface area contributed by atoms with Crippen LogP contribution in [0.3, 0.4) is 0 Å². The first kappa shape index (κ1) is 16.1. The number of benzene rings is 1. The van der Waals surface area contributed by atoms with Crippen LogP contribution in [-0.2, 0) is 4.74 Å². The van der Waals surface area contributed by atoms with Gasteiger partial charge in [0.25, 0.3) is 0 Å². The smallest absolute Gasteiger partial charge is 0.179 e. The lowest BCUT2D eigenvalue weighted by Gasteiger charge is -2.20. The molecule has 0 aliphatic rings. The Labute approximate surface area is 119 Å². The highest BCUT2D eigenvalue weighted by Gasteiger charge is 2.20. The molecule has 5 heteroatoms. The van der Waals surface area contributed by atoms with Gasteiger partial charge in [-0.1, -0.05) is 18.5 Å². The second kappa shape index (κ2) is 7.58. The van der Waals surface area contributed by atoms with E-state index in [2.05, 4.69) is 0 Å². The number of hydrogen-bond acceptors (Lipinski definition) is 4. The summed E-state index contributed by atoms with van der Waals surface area (Å²) in [5.74, 6) is 1.06. The van der Waals surface area contributed by atoms with Crippen molar-refractivity contribution in [3.8, 4) is 11.5 Å². The van der Waals surface area contributed by atoms with Gasteiger partial charge in [-0.15, -0.1) is 0 Å². The number of halogens is 1. The number of hydrogen-bond donors (Lipinski definition) is 1. The highest BCUT2D eigenvalue weighted by atomic mass is 35.5. The number of ether oxygens (including phenoxy) is 3. The fourth-order valence-corrected chi connectivity index (χ4v) is 2.20. The quantitative estimate of drug-likeness (QED) is 0.838. The number of rotatable bonds is 7. The van der Waals surface area contributed by atoms with Crippen molar-refractivity contribution in [1.29, 1.82) is 0 Å². The normalized spacial score (nSPS) is 14.0. The van der Waals surface area contributed by atoms with Gasteiger partial charge in [0.15, 0.2) is 11.5 Å². The third-order valence-corrected chi connectivity index (χ3v) is 3.39. The highest BCUT2D eigenvalue weighted by Crippen LogP contribution is 2.39. The van der Waals surface area contributed by atoms with Crippen LogP contribution in [0.2, 0.25) is 5.02 Å². The van der Waals surface area contributed by atoms with Gasteiger partial charge in [0.1, 0.15) is 0 Å². The summed E-state index contributed by atoms with van der Waals surface area (Å²) in [6, 6.07) is 3.45. The summed E-state index contributed by atoms with van der Waals surface area (Å²) >= 11 is 6.13. The van der Waals surface area contributed by atoms with Gasteiger partial charge < -0.3 is 19.3 Å². The Kier molecular flexibility index (Phi) is 6.42. The van der Waals surface area contributed by atoms with E-state index in [0.717, 1.165) is 6.42 Å². The Hall–Kier alpha value is -0.970. The van der Waals surface area contributed by atoms with Crippen LogP contribution in [-0.4, -0.2) is 33.0 Å². The monoisotopic (exact) mass is 288 g/mol. The predicted octanol–water partition coefficient (Wildman–Crippen LogP) is 3.06. The molecule has 0 saturated heterocycles. The molecule has 1 N–H and O–H groups in total. The van der Waals surface area contributed by atoms with Gasteiger partial charge in [0.05, 0.1) is 25.3 Å². The molecule has 19 heavy (non-hydrogen) atoms. The third kappa shape index (κ3) is 4.00. The van der Waals surface area contributed by atoms with E-state index in [1.807, 2.05) is 6.92 Å². The molecular formula is C14H21ClO4. The van der Waals surface area contributed by atoms with Crippen molar-refractivity contribution in [2.24, 2.45) is 5.92 Å². The van der Waals surface area contributed by atoms with Crippen LogP contribution in [0.5, 0.6) is 11.5 Å². The summed E-state index contributed by atoms with van der Waals surface area (Å²) in [6.07, 6.45) is 0.149. The summed E-state index contributed by atoms with van der Waals surface area (Å²) in [5, 5.41) is 10.7. The average molecular weight is 289 g/mol. The van der Waals surface area contributed by atoms with Gasteiger partial charge in [0.2, 0.25) is 0 Å². The molecule has 108 valence electrons. The molecule has 4 nitrogen and oxygen atoms in total. The van der Waals surface area contributed by atoms with E-state index in [-0.39, 0.29) is 5.92 Å². The van der Waals surface area contributed by atoms with E-state index in [1.54, 1.807) is 26.4 Å². The lowest BCUT2D eigenvalue weighted by atomic mass is 9.94. The van der Waals surface area contributed by atoms with Crippen LogP contribution in [0, 0.1) is 5.92 Å². The molecule has 1 aromatic rings. The molecule has 0 aromatic heterocycles. The molecular weight excluding hydrogens is 268 g/mol. The maximum absolute atomic E-state index is 10.3. The zero-order valence-corrected chi connectivity index (χ0v) is 12.5. The van der Waals surface area contributed by atoms with Crippen molar-refractivity contribution in [2.45, 2.75) is 19.4 Å². The Morgan fingerprint density at radius 2 is 1.89 bits per heavy atom. The lowest BCUT2D eigenvalue weighted by molar-refractivity contribution is 0.0884. The molecule has 2 unspecified atom stereocenters. The first-order chi connectivity index (χ1) is 9.04. The summed E-state index contributed by atoms with van der Waals surface area (Å²) in [6.45, 7) is 2.58. The van der Waals surface area contributed by atoms with Crippen LogP contribution in [0.1, 0.15) is 25.0 Å². The first-order valence-electron chi connectivity index (χ1n) is 6.13. The Bertz CT molecular complexity index is 409. The van der Waals surface area contributed by atoms with Crippen LogP contribution < -0.4 is 9.47 Å². The summed E-state index contributed by atoms with van der Waals surface area (Å²) in [5.41, 5.74) is 0.714. The minimum Gasteiger partial charge on any atom is -0.493 e. The highest BCUT2D eigenvalue weighted by molar-refractivity contribution is 6.32. The van der Waals surface area contributed by atoms with E-state index in [1.165, 1.54) is 7.11 Å². The molecule has 0 aliphatic heterocycles. The standard InChI is InChI=1S/C14H21ClO4/c1-9(5-6-17-2)13(16)10-7-11(15)14(19-4)12(8-10)18-3/h7-9,13,16H,5-6H2,1-4H3. The van der Waals surface area contributed by atoms with Gasteiger partial charge in [-0.3, -0.25) is 0 Å². The molecule has 0 bridgehead atoms. The van der Waals surface area contributed by atoms with E-state index >= 15 is 0 Å². The zero-order chi connectivity index (χ0) is 14.4. The number of aliphatic hydroxyl groups excluding tert-OH is 1. The van der Waals surface area contributed by atoms with Crippen LogP contribution in [0.25, 0.3) is 0 Å². The molecule has 0 aliphatic carbocycles. The summed E-state index contributed by atoms with van der Waals surface area (Å²) < 4.78 is 15.4. The topological polar surface area (TPSA) is 47.9 Å². The molecule has 0 spiro atoms. The fraction of sp³-hybridized carbons (Fsp3) is 0.571. The maximum atomic E-state index is 10.3. The second-order valence-corrected chi connectivity index (χ2v) is 4.85. The molecule has 1 rings (SSSR count). The molecule has 0 amide bonds. The second-order valence-electron chi connectivity index (χ2n) is 4.44. The molecule has 0 saturated carbocycles. The van der Waals surface area contributed by atoms with Gasteiger partial charge in [-0.05, 0) is 30.0 Å². The maximum Gasteiger partial charge on any atom is 0.179 e. The molecule has 2 atom stereocenters. The van der Waals surface area contributed by atoms with Crippen molar-refractivity contribution in [3.63, 3.8) is 0 Å². The molecule has 0 heterocycles. The Morgan fingerprint density at radius 1 is 1.21 bits per heavy atom. The molecule has 1 aromatic carbocycles.